The molecule has 10 heavy (non-hydrogen) atoms. The monoisotopic (exact) mass is 133 g/mol. The van der Waals surface area contributed by atoms with Gasteiger partial charge in [0.15, 0.2) is 0 Å². The first kappa shape index (κ1) is 5.93. The standard InChI is InChI=1S/C9H9O/c10-9-5-7-3-1-2-4-8(7)6-9/h1,3-4,9-10H,5-6H2. The Bertz CT molecular complexity index is 217. The Balaban J connectivity index is 2.42. The molecule has 1 atom stereocenters. The highest BCUT2D eigenvalue weighted by Gasteiger charge is 2.17. The smallest absolute Gasteiger partial charge is 0.0621 e. The van der Waals surface area contributed by atoms with Gasteiger partial charge in [0.2, 0.25) is 0 Å². The quantitative estimate of drug-likeness (QED) is 0.558. The van der Waals surface area contributed by atoms with E-state index in [1.165, 1.54) is 11.1 Å². The molecule has 0 saturated carbocycles. The summed E-state index contributed by atoms with van der Waals surface area (Å²) in [7, 11) is 0. The molecule has 1 radical (unpaired) electrons. The van der Waals surface area contributed by atoms with Crippen molar-refractivity contribution in [2.45, 2.75) is 18.9 Å². The van der Waals surface area contributed by atoms with E-state index >= 15 is 0 Å². The second kappa shape index (κ2) is 2.10. The normalized spacial score (nSPS) is 17.3. The first-order valence-electron chi connectivity index (χ1n) is 3.52. The van der Waals surface area contributed by atoms with Gasteiger partial charge in [-0.1, -0.05) is 18.2 Å². The zero-order valence-electron chi connectivity index (χ0n) is 5.67. The van der Waals surface area contributed by atoms with Crippen LogP contribution < -0.4 is 0 Å². The number of aliphatic hydroxyl groups is 1. The summed E-state index contributed by atoms with van der Waals surface area (Å²) in [5.74, 6) is 0. The van der Waals surface area contributed by atoms with Gasteiger partial charge < -0.3 is 5.11 Å². The zero-order chi connectivity index (χ0) is 6.97. The number of hydrogen-bond acceptors (Lipinski definition) is 1. The lowest BCUT2D eigenvalue weighted by Gasteiger charge is -1.93. The summed E-state index contributed by atoms with van der Waals surface area (Å²) in [6.45, 7) is 0. The molecule has 1 nitrogen and oxygen atoms in total. The van der Waals surface area contributed by atoms with Crippen molar-refractivity contribution in [2.24, 2.45) is 0 Å². The average molecular weight is 133 g/mol. The lowest BCUT2D eigenvalue weighted by molar-refractivity contribution is 0.187. The lowest BCUT2D eigenvalue weighted by atomic mass is 10.1. The molecule has 0 saturated heterocycles. The van der Waals surface area contributed by atoms with Crippen molar-refractivity contribution in [3.63, 3.8) is 0 Å². The minimum absolute atomic E-state index is 0.147. The molecular weight excluding hydrogens is 124 g/mol. The van der Waals surface area contributed by atoms with Gasteiger partial charge in [-0.2, -0.15) is 0 Å². The summed E-state index contributed by atoms with van der Waals surface area (Å²) in [4.78, 5) is 0. The van der Waals surface area contributed by atoms with E-state index in [1.807, 2.05) is 18.2 Å². The van der Waals surface area contributed by atoms with Crippen LogP contribution >= 0.6 is 0 Å². The number of rotatable bonds is 0. The van der Waals surface area contributed by atoms with Crippen LogP contribution in [0.1, 0.15) is 11.1 Å². The van der Waals surface area contributed by atoms with E-state index < -0.39 is 0 Å². The van der Waals surface area contributed by atoms with Gasteiger partial charge in [0.25, 0.3) is 0 Å². The van der Waals surface area contributed by atoms with Gasteiger partial charge in [0.05, 0.1) is 6.10 Å². The molecule has 1 aromatic rings. The first-order valence-corrected chi connectivity index (χ1v) is 3.52. The predicted octanol–water partition coefficient (Wildman–Crippen LogP) is 0.946. The van der Waals surface area contributed by atoms with Crippen LogP contribution in [0.4, 0.5) is 0 Å². The van der Waals surface area contributed by atoms with Crippen LogP contribution in [0.25, 0.3) is 0 Å². The van der Waals surface area contributed by atoms with E-state index in [9.17, 15) is 5.11 Å². The molecule has 0 spiro atoms. The Kier molecular flexibility index (Phi) is 1.24. The number of aliphatic hydroxyl groups excluding tert-OH is 1. The van der Waals surface area contributed by atoms with Gasteiger partial charge in [0, 0.05) is 0 Å². The summed E-state index contributed by atoms with van der Waals surface area (Å²) < 4.78 is 0. The van der Waals surface area contributed by atoms with E-state index in [4.69, 9.17) is 0 Å². The summed E-state index contributed by atoms with van der Waals surface area (Å²) in [6.07, 6.45) is 1.49. The Morgan fingerprint density at radius 1 is 1.40 bits per heavy atom. The van der Waals surface area contributed by atoms with Crippen LogP contribution in [-0.2, 0) is 12.8 Å². The van der Waals surface area contributed by atoms with Crippen molar-refractivity contribution in [1.29, 1.82) is 0 Å². The second-order valence-corrected chi connectivity index (χ2v) is 2.76. The Morgan fingerprint density at radius 3 is 3.00 bits per heavy atom. The molecule has 1 N–H and O–H groups in total. The molecule has 1 aliphatic rings. The van der Waals surface area contributed by atoms with Gasteiger partial charge >= 0.3 is 0 Å². The second-order valence-electron chi connectivity index (χ2n) is 2.76. The molecule has 1 aromatic carbocycles. The van der Waals surface area contributed by atoms with Crippen LogP contribution in [0.15, 0.2) is 18.2 Å². The van der Waals surface area contributed by atoms with E-state index in [1.54, 1.807) is 0 Å². The Hall–Kier alpha value is -0.820. The molecule has 51 valence electrons. The lowest BCUT2D eigenvalue weighted by Crippen LogP contribution is -2.03. The molecule has 1 heteroatoms. The van der Waals surface area contributed by atoms with Crippen LogP contribution in [-0.4, -0.2) is 11.2 Å². The molecule has 0 bridgehead atoms. The van der Waals surface area contributed by atoms with Crippen molar-refractivity contribution >= 4 is 0 Å². The third kappa shape index (κ3) is 0.830. The zero-order valence-corrected chi connectivity index (χ0v) is 5.67. The van der Waals surface area contributed by atoms with E-state index in [0.29, 0.717) is 0 Å². The van der Waals surface area contributed by atoms with E-state index in [-0.39, 0.29) is 6.10 Å². The fourth-order valence-electron chi connectivity index (χ4n) is 1.47. The van der Waals surface area contributed by atoms with Crippen molar-refractivity contribution in [3.05, 3.63) is 35.4 Å². The average Bonchev–Trinajstić information content (AvgIpc) is 2.27. The van der Waals surface area contributed by atoms with Crippen molar-refractivity contribution in [2.75, 3.05) is 0 Å². The Labute approximate surface area is 60.3 Å². The minimum atomic E-state index is -0.147. The largest absolute Gasteiger partial charge is 0.392 e. The fraction of sp³-hybridized carbons (Fsp3) is 0.333. The summed E-state index contributed by atoms with van der Waals surface area (Å²) in [5.41, 5.74) is 2.54. The molecule has 2 rings (SSSR count). The Morgan fingerprint density at radius 2 is 2.20 bits per heavy atom. The molecule has 0 heterocycles. The SMILES string of the molecule is OC1Cc2c[c]ccc2C1. The van der Waals surface area contributed by atoms with Crippen molar-refractivity contribution < 1.29 is 5.11 Å². The highest BCUT2D eigenvalue weighted by atomic mass is 16.3. The summed E-state index contributed by atoms with van der Waals surface area (Å²) in [5, 5.41) is 9.24. The van der Waals surface area contributed by atoms with Gasteiger partial charge in [-0.25, -0.2) is 0 Å². The van der Waals surface area contributed by atoms with Gasteiger partial charge in [0.1, 0.15) is 0 Å². The minimum Gasteiger partial charge on any atom is -0.392 e. The van der Waals surface area contributed by atoms with E-state index in [0.717, 1.165) is 12.8 Å². The third-order valence-corrected chi connectivity index (χ3v) is 1.96. The van der Waals surface area contributed by atoms with Crippen LogP contribution in [0, 0.1) is 6.07 Å². The molecule has 1 aliphatic carbocycles. The predicted molar refractivity (Wildman–Crippen MR) is 38.7 cm³/mol. The maximum Gasteiger partial charge on any atom is 0.0621 e. The highest BCUT2D eigenvalue weighted by molar-refractivity contribution is 5.31. The number of hydrogen-bond donors (Lipinski definition) is 1. The fourth-order valence-corrected chi connectivity index (χ4v) is 1.47. The maximum absolute atomic E-state index is 9.24. The van der Waals surface area contributed by atoms with Gasteiger partial charge in [-0.05, 0) is 30.0 Å². The third-order valence-electron chi connectivity index (χ3n) is 1.96. The topological polar surface area (TPSA) is 20.2 Å². The molecular formula is C9H9O. The van der Waals surface area contributed by atoms with Gasteiger partial charge in [-0.15, -0.1) is 0 Å². The molecule has 0 aromatic heterocycles. The van der Waals surface area contributed by atoms with Crippen LogP contribution in [0.3, 0.4) is 0 Å². The summed E-state index contributed by atoms with van der Waals surface area (Å²) in [6, 6.07) is 8.90. The van der Waals surface area contributed by atoms with Crippen molar-refractivity contribution in [1.82, 2.24) is 0 Å². The summed E-state index contributed by atoms with van der Waals surface area (Å²) >= 11 is 0. The molecule has 0 fully saturated rings. The number of benzene rings is 1. The van der Waals surface area contributed by atoms with Crippen molar-refractivity contribution in [3.8, 4) is 0 Å². The van der Waals surface area contributed by atoms with E-state index in [2.05, 4.69) is 6.07 Å². The molecule has 0 amide bonds. The number of fused-ring (bicyclic) bond motifs is 1. The van der Waals surface area contributed by atoms with Crippen LogP contribution in [0.5, 0.6) is 0 Å². The first-order chi connectivity index (χ1) is 4.86. The maximum atomic E-state index is 9.24. The van der Waals surface area contributed by atoms with Crippen LogP contribution in [0.2, 0.25) is 0 Å². The molecule has 0 aliphatic heterocycles. The van der Waals surface area contributed by atoms with Gasteiger partial charge in [-0.3, -0.25) is 0 Å². The molecule has 1 unspecified atom stereocenters. The highest BCUT2D eigenvalue weighted by Crippen LogP contribution is 2.20.